The van der Waals surface area contributed by atoms with E-state index >= 15 is 0 Å². The van der Waals surface area contributed by atoms with Crippen molar-refractivity contribution in [1.82, 2.24) is 15.0 Å². The van der Waals surface area contributed by atoms with Gasteiger partial charge in [0.25, 0.3) is 0 Å². The van der Waals surface area contributed by atoms with E-state index in [0.29, 0.717) is 6.54 Å². The van der Waals surface area contributed by atoms with Crippen LogP contribution in [0.4, 0.5) is 17.3 Å². The first-order valence-corrected chi connectivity index (χ1v) is 12.4. The van der Waals surface area contributed by atoms with Gasteiger partial charge in [-0.2, -0.15) is 0 Å². The van der Waals surface area contributed by atoms with Crippen LogP contribution in [-0.2, 0) is 11.3 Å². The molecule has 1 aliphatic rings. The van der Waals surface area contributed by atoms with Gasteiger partial charge in [0, 0.05) is 12.7 Å². The largest absolute Gasteiger partial charge is 0.673 e. The van der Waals surface area contributed by atoms with E-state index in [2.05, 4.69) is 40.6 Å². The second-order valence-electron chi connectivity index (χ2n) is 7.22. The van der Waals surface area contributed by atoms with Crippen LogP contribution in [0.2, 0.25) is 0 Å². The van der Waals surface area contributed by atoms with Crippen molar-refractivity contribution in [1.29, 1.82) is 0 Å². The summed E-state index contributed by atoms with van der Waals surface area (Å²) in [5.41, 5.74) is 3.10. The van der Waals surface area contributed by atoms with Gasteiger partial charge in [-0.15, -0.1) is 5.10 Å². The molecule has 0 aliphatic carbocycles. The van der Waals surface area contributed by atoms with Crippen LogP contribution in [0.3, 0.4) is 0 Å². The number of ether oxygens (including phenoxy) is 2. The molecule has 1 atom stereocenters. The van der Waals surface area contributed by atoms with Crippen molar-refractivity contribution in [2.45, 2.75) is 12.6 Å². The van der Waals surface area contributed by atoms with Gasteiger partial charge in [-0.3, -0.25) is 0 Å². The van der Waals surface area contributed by atoms with Gasteiger partial charge in [0.05, 0.1) is 12.7 Å². The van der Waals surface area contributed by atoms with Crippen LogP contribution in [0, 0.1) is 7.14 Å². The Morgan fingerprint density at radius 2 is 1.62 bits per heavy atom. The molecule has 1 aliphatic heterocycles. The average molecular weight is 583 g/mol. The molecule has 5 nitrogen and oxygen atoms in total. The molecular formula is C23H19BF4IN3O2. The van der Waals surface area contributed by atoms with E-state index in [0.717, 1.165) is 22.8 Å². The smallest absolute Gasteiger partial charge is 0.448 e. The van der Waals surface area contributed by atoms with Crippen molar-refractivity contribution in [2.75, 3.05) is 7.11 Å². The molecule has 11 heteroatoms. The number of aromatic nitrogens is 3. The summed E-state index contributed by atoms with van der Waals surface area (Å²) >= 11 is -0.372. The third kappa shape index (κ3) is 6.14. The summed E-state index contributed by atoms with van der Waals surface area (Å²) in [6, 6.07) is 24.7. The first kappa shape index (κ1) is 24.2. The lowest BCUT2D eigenvalue weighted by atomic mass is 10.1. The first-order valence-electron chi connectivity index (χ1n) is 10.2. The highest BCUT2D eigenvalue weighted by atomic mass is 127. The Bertz CT molecular complexity index is 1250. The summed E-state index contributed by atoms with van der Waals surface area (Å²) in [4.78, 5) is 0. The maximum absolute atomic E-state index is 9.75. The van der Waals surface area contributed by atoms with E-state index in [-0.39, 0.29) is 27.3 Å². The summed E-state index contributed by atoms with van der Waals surface area (Å²) in [6.45, 7) is 0.681. The van der Waals surface area contributed by atoms with Crippen molar-refractivity contribution in [3.8, 4) is 11.5 Å². The zero-order valence-corrected chi connectivity index (χ0v) is 20.1. The highest BCUT2D eigenvalue weighted by Crippen LogP contribution is 2.31. The van der Waals surface area contributed by atoms with E-state index in [9.17, 15) is 17.3 Å². The Labute approximate surface area is 204 Å². The fourth-order valence-corrected chi connectivity index (χ4v) is 6.28. The van der Waals surface area contributed by atoms with Gasteiger partial charge in [0.1, 0.15) is 11.8 Å². The zero-order valence-electron chi connectivity index (χ0n) is 17.9. The summed E-state index contributed by atoms with van der Waals surface area (Å²) in [7, 11) is -4.28. The lowest BCUT2D eigenvalue weighted by molar-refractivity contribution is -0.603. The van der Waals surface area contributed by atoms with Gasteiger partial charge in [0.2, 0.25) is 7.14 Å². The van der Waals surface area contributed by atoms with E-state index in [1.807, 2.05) is 53.3 Å². The van der Waals surface area contributed by atoms with Gasteiger partial charge in [-0.05, 0) is 23.8 Å². The maximum atomic E-state index is 9.75. The summed E-state index contributed by atoms with van der Waals surface area (Å²) < 4.78 is 55.4. The molecule has 0 saturated carbocycles. The van der Waals surface area contributed by atoms with Crippen molar-refractivity contribution < 1.29 is 47.9 Å². The van der Waals surface area contributed by atoms with Crippen LogP contribution >= 0.6 is 0 Å². The molecule has 0 saturated heterocycles. The molecule has 0 spiro atoms. The minimum absolute atomic E-state index is 0.275. The number of halogens is 5. The quantitative estimate of drug-likeness (QED) is 0.182. The molecule has 5 rings (SSSR count). The Balaban J connectivity index is 0.000000499. The zero-order chi connectivity index (χ0) is 24.1. The summed E-state index contributed by atoms with van der Waals surface area (Å²) in [5.74, 6) is 1.89. The van der Waals surface area contributed by atoms with Crippen molar-refractivity contribution in [2.24, 2.45) is 0 Å². The number of nitrogens with zero attached hydrogens (tertiary/aromatic N) is 3. The van der Waals surface area contributed by atoms with E-state index < -0.39 is 7.25 Å². The van der Waals surface area contributed by atoms with Crippen molar-refractivity contribution >= 4 is 7.25 Å². The minimum Gasteiger partial charge on any atom is -0.448 e. The molecule has 0 radical (unpaired) electrons. The van der Waals surface area contributed by atoms with Gasteiger partial charge in [-0.25, -0.2) is 4.68 Å². The molecule has 4 aromatic rings. The predicted octanol–water partition coefficient (Wildman–Crippen LogP) is 2.60. The number of benzene rings is 3. The molecule has 176 valence electrons. The molecule has 0 unspecified atom stereocenters. The molecule has 34 heavy (non-hydrogen) atoms. The first-order chi connectivity index (χ1) is 16.3. The lowest BCUT2D eigenvalue weighted by Crippen LogP contribution is -3.62. The Hall–Kier alpha value is -2.93. The maximum Gasteiger partial charge on any atom is 0.673 e. The Morgan fingerprint density at radius 3 is 2.35 bits per heavy atom. The van der Waals surface area contributed by atoms with Crippen LogP contribution in [0.1, 0.15) is 22.9 Å². The molecule has 2 heterocycles. The third-order valence-corrected chi connectivity index (χ3v) is 7.94. The van der Waals surface area contributed by atoms with E-state index in [1.54, 1.807) is 7.11 Å². The van der Waals surface area contributed by atoms with Crippen molar-refractivity contribution in [3.63, 3.8) is 0 Å². The number of rotatable bonds is 5. The molecule has 0 fully saturated rings. The second kappa shape index (κ2) is 10.6. The fraction of sp³-hybridized carbons (Fsp3) is 0.130. The van der Waals surface area contributed by atoms with Crippen molar-refractivity contribution in [3.05, 3.63) is 103 Å². The molecular weight excluding hydrogens is 564 g/mol. The minimum atomic E-state index is -6.00. The van der Waals surface area contributed by atoms with Crippen LogP contribution in [0.15, 0.2) is 79.0 Å². The molecule has 0 amide bonds. The fourth-order valence-electron chi connectivity index (χ4n) is 3.42. The molecule has 3 aromatic carbocycles. The Morgan fingerprint density at radius 1 is 0.941 bits per heavy atom. The van der Waals surface area contributed by atoms with E-state index in [1.165, 1.54) is 12.7 Å². The number of para-hydroxylation sites is 1. The predicted molar refractivity (Wildman–Crippen MR) is 115 cm³/mol. The van der Waals surface area contributed by atoms with Crippen LogP contribution < -0.4 is 25.9 Å². The number of fused-ring (bicyclic) bond motifs is 2. The highest BCUT2D eigenvalue weighted by molar-refractivity contribution is 6.50. The highest BCUT2D eigenvalue weighted by Gasteiger charge is 2.37. The normalized spacial score (nSPS) is 13.1. The summed E-state index contributed by atoms with van der Waals surface area (Å²) in [6.07, 6.45) is 1.69. The van der Waals surface area contributed by atoms with Gasteiger partial charge >= 0.3 is 28.5 Å². The topological polar surface area (TPSA) is 49.2 Å². The van der Waals surface area contributed by atoms with Crippen LogP contribution in [0.25, 0.3) is 0 Å². The SMILES string of the molecule is CO[C@@H](c1cn(Cc2ccccc2)nn1)c1cccc2c1[I+]c1ccccc1O2.F[B-](F)(F)F. The second-order valence-corrected chi connectivity index (χ2v) is 10.0. The lowest BCUT2D eigenvalue weighted by Gasteiger charge is -2.17. The monoisotopic (exact) mass is 583 g/mol. The van der Waals surface area contributed by atoms with Crippen LogP contribution in [-0.4, -0.2) is 29.4 Å². The van der Waals surface area contributed by atoms with Gasteiger partial charge in [-0.1, -0.05) is 59.8 Å². The molecule has 0 N–H and O–H groups in total. The van der Waals surface area contributed by atoms with E-state index in [4.69, 9.17) is 9.47 Å². The average Bonchev–Trinajstić information content (AvgIpc) is 3.26. The third-order valence-electron chi connectivity index (χ3n) is 4.78. The van der Waals surface area contributed by atoms with Gasteiger partial charge < -0.3 is 26.7 Å². The van der Waals surface area contributed by atoms with Crippen LogP contribution in [0.5, 0.6) is 11.5 Å². The summed E-state index contributed by atoms with van der Waals surface area (Å²) in [5, 5.41) is 8.73. The van der Waals surface area contributed by atoms with Gasteiger partial charge in [0.15, 0.2) is 11.5 Å². The number of hydrogen-bond donors (Lipinski definition) is 0. The Kier molecular flexibility index (Phi) is 7.52. The standard InChI is InChI=1S/C23H19IN3O2.BF4/c1-28-23(19-15-27(26-25-19)14-16-8-3-2-4-9-16)17-10-7-13-21-22(17)24-18-11-5-6-12-20(18)29-21;2-1(3,4)5/h2-13,15,23H,14H2,1H3;/q+1;-1/t23-;/m1./s1. The number of hydrogen-bond acceptors (Lipinski definition) is 4. The molecule has 0 bridgehead atoms. The molecule has 1 aromatic heterocycles. The number of methoxy groups -OCH3 is 1.